The third kappa shape index (κ3) is 3.55. The van der Waals surface area contributed by atoms with E-state index in [2.05, 4.69) is 10.3 Å². The minimum absolute atomic E-state index is 0.0162. The number of hydrogen-bond acceptors (Lipinski definition) is 3. The summed E-state index contributed by atoms with van der Waals surface area (Å²) in [6.07, 6.45) is 1.96. The number of aromatic nitrogens is 1. The molecule has 20 heavy (non-hydrogen) atoms. The van der Waals surface area contributed by atoms with Crippen molar-refractivity contribution >= 4 is 11.6 Å². The van der Waals surface area contributed by atoms with Crippen LogP contribution >= 0.6 is 11.6 Å². The second kappa shape index (κ2) is 6.33. The van der Waals surface area contributed by atoms with Crippen molar-refractivity contribution in [3.8, 4) is 11.3 Å². The fraction of sp³-hybridized carbons (Fsp3) is 0.357. The van der Waals surface area contributed by atoms with Crippen molar-refractivity contribution in [1.29, 1.82) is 0 Å². The average Bonchev–Trinajstić information content (AvgIpc) is 2.82. The van der Waals surface area contributed by atoms with Gasteiger partial charge in [-0.3, -0.25) is 0 Å². The predicted octanol–water partition coefficient (Wildman–Crippen LogP) is 3.81. The van der Waals surface area contributed by atoms with E-state index < -0.39 is 11.6 Å². The van der Waals surface area contributed by atoms with Gasteiger partial charge < -0.3 is 9.73 Å². The summed E-state index contributed by atoms with van der Waals surface area (Å²) in [5.41, 5.74) is 0.0162. The Morgan fingerprint density at radius 3 is 2.75 bits per heavy atom. The molecule has 3 nitrogen and oxygen atoms in total. The number of nitrogens with zero attached hydrogens (tertiary/aromatic N) is 1. The van der Waals surface area contributed by atoms with E-state index in [1.54, 1.807) is 0 Å². The number of rotatable bonds is 5. The summed E-state index contributed by atoms with van der Waals surface area (Å²) in [5.74, 6) is -0.664. The molecule has 1 heterocycles. The first-order valence-corrected chi connectivity index (χ1v) is 6.68. The summed E-state index contributed by atoms with van der Waals surface area (Å²) < 4.78 is 32.5. The van der Waals surface area contributed by atoms with E-state index in [0.717, 1.165) is 12.1 Å². The molecule has 0 atom stereocenters. The number of hydrogen-bond donors (Lipinski definition) is 1. The molecule has 0 bridgehead atoms. The number of benzene rings is 1. The standard InChI is InChI=1S/C14H15ClF2N2O/c1-8(2)18-4-3-14-19-7-13(20-14)9-5-12(17)10(15)6-11(9)16/h5-8,18H,3-4H2,1-2H3. The molecular formula is C14H15ClF2N2O. The summed E-state index contributed by atoms with van der Waals surface area (Å²) in [5, 5.41) is 2.96. The molecule has 1 N–H and O–H groups in total. The summed E-state index contributed by atoms with van der Waals surface area (Å²) in [7, 11) is 0. The first-order chi connectivity index (χ1) is 9.47. The summed E-state index contributed by atoms with van der Waals surface area (Å²) in [4.78, 5) is 4.05. The molecule has 6 heteroatoms. The quantitative estimate of drug-likeness (QED) is 0.853. The van der Waals surface area contributed by atoms with Gasteiger partial charge in [-0.25, -0.2) is 13.8 Å². The molecule has 1 aromatic heterocycles. The highest BCUT2D eigenvalue weighted by atomic mass is 35.5. The highest BCUT2D eigenvalue weighted by Crippen LogP contribution is 2.28. The topological polar surface area (TPSA) is 38.1 Å². The summed E-state index contributed by atoms with van der Waals surface area (Å²) in [6.45, 7) is 4.77. The molecule has 2 rings (SSSR count). The lowest BCUT2D eigenvalue weighted by Crippen LogP contribution is -2.24. The van der Waals surface area contributed by atoms with Gasteiger partial charge in [0.25, 0.3) is 0 Å². The normalized spacial score (nSPS) is 11.3. The average molecular weight is 301 g/mol. The van der Waals surface area contributed by atoms with Gasteiger partial charge in [0.15, 0.2) is 11.7 Å². The molecule has 0 aliphatic rings. The molecule has 0 saturated heterocycles. The second-order valence-corrected chi connectivity index (χ2v) is 5.13. The van der Waals surface area contributed by atoms with Gasteiger partial charge in [0.05, 0.1) is 16.8 Å². The summed E-state index contributed by atoms with van der Waals surface area (Å²) >= 11 is 5.51. The van der Waals surface area contributed by atoms with Gasteiger partial charge in [0.1, 0.15) is 11.6 Å². The molecule has 0 saturated carbocycles. The predicted molar refractivity (Wildman–Crippen MR) is 73.7 cm³/mol. The molecule has 0 amide bonds. The first-order valence-electron chi connectivity index (χ1n) is 6.30. The van der Waals surface area contributed by atoms with Crippen LogP contribution in [0.25, 0.3) is 11.3 Å². The molecule has 2 aromatic rings. The Morgan fingerprint density at radius 1 is 1.30 bits per heavy atom. The van der Waals surface area contributed by atoms with Crippen molar-refractivity contribution in [2.75, 3.05) is 6.54 Å². The van der Waals surface area contributed by atoms with E-state index in [9.17, 15) is 8.78 Å². The van der Waals surface area contributed by atoms with Crippen LogP contribution < -0.4 is 5.32 Å². The third-order valence-corrected chi connectivity index (χ3v) is 3.01. The van der Waals surface area contributed by atoms with Crippen LogP contribution in [0.15, 0.2) is 22.7 Å². The molecule has 0 radical (unpaired) electrons. The second-order valence-electron chi connectivity index (χ2n) is 4.72. The molecule has 0 aliphatic heterocycles. The lowest BCUT2D eigenvalue weighted by molar-refractivity contribution is 0.481. The highest BCUT2D eigenvalue weighted by molar-refractivity contribution is 6.30. The Morgan fingerprint density at radius 2 is 2.05 bits per heavy atom. The van der Waals surface area contributed by atoms with Crippen LogP contribution in [0.3, 0.4) is 0 Å². The van der Waals surface area contributed by atoms with Crippen LogP contribution in [0.4, 0.5) is 8.78 Å². The van der Waals surface area contributed by atoms with Crippen LogP contribution in [0, 0.1) is 11.6 Å². The van der Waals surface area contributed by atoms with E-state index in [1.807, 2.05) is 13.8 Å². The fourth-order valence-corrected chi connectivity index (χ4v) is 1.88. The zero-order valence-corrected chi connectivity index (χ0v) is 12.0. The van der Waals surface area contributed by atoms with Crippen molar-refractivity contribution < 1.29 is 13.2 Å². The molecule has 0 spiro atoms. The highest BCUT2D eigenvalue weighted by Gasteiger charge is 2.14. The van der Waals surface area contributed by atoms with Crippen LogP contribution in [-0.4, -0.2) is 17.6 Å². The van der Waals surface area contributed by atoms with Gasteiger partial charge >= 0.3 is 0 Å². The van der Waals surface area contributed by atoms with E-state index in [1.165, 1.54) is 6.20 Å². The Balaban J connectivity index is 2.14. The molecular weight excluding hydrogens is 286 g/mol. The maximum Gasteiger partial charge on any atom is 0.196 e. The van der Waals surface area contributed by atoms with Gasteiger partial charge in [-0.1, -0.05) is 25.4 Å². The van der Waals surface area contributed by atoms with E-state index in [4.69, 9.17) is 16.0 Å². The molecule has 0 unspecified atom stereocenters. The van der Waals surface area contributed by atoms with Gasteiger partial charge in [-0.15, -0.1) is 0 Å². The Bertz CT molecular complexity index is 599. The molecule has 0 aliphatic carbocycles. The minimum atomic E-state index is -0.692. The Labute approximate surface area is 121 Å². The van der Waals surface area contributed by atoms with Gasteiger partial charge in [0.2, 0.25) is 0 Å². The molecule has 108 valence electrons. The lowest BCUT2D eigenvalue weighted by Gasteiger charge is -2.05. The number of oxazole rings is 1. The zero-order chi connectivity index (χ0) is 14.7. The van der Waals surface area contributed by atoms with Crippen molar-refractivity contribution in [2.45, 2.75) is 26.3 Å². The zero-order valence-electron chi connectivity index (χ0n) is 11.2. The van der Waals surface area contributed by atoms with Crippen molar-refractivity contribution in [2.24, 2.45) is 0 Å². The first kappa shape index (κ1) is 14.9. The maximum atomic E-state index is 13.7. The fourth-order valence-electron chi connectivity index (χ4n) is 1.73. The van der Waals surface area contributed by atoms with Crippen molar-refractivity contribution in [1.82, 2.24) is 10.3 Å². The van der Waals surface area contributed by atoms with Crippen LogP contribution in [0.1, 0.15) is 19.7 Å². The number of halogens is 3. The third-order valence-electron chi connectivity index (χ3n) is 2.72. The minimum Gasteiger partial charge on any atom is -0.441 e. The van der Waals surface area contributed by atoms with E-state index >= 15 is 0 Å². The Hall–Kier alpha value is -1.46. The van der Waals surface area contributed by atoms with E-state index in [0.29, 0.717) is 24.9 Å². The maximum absolute atomic E-state index is 13.7. The largest absolute Gasteiger partial charge is 0.441 e. The van der Waals surface area contributed by atoms with Crippen molar-refractivity contribution in [3.63, 3.8) is 0 Å². The Kier molecular flexibility index (Phi) is 4.73. The van der Waals surface area contributed by atoms with Gasteiger partial charge in [-0.2, -0.15) is 0 Å². The lowest BCUT2D eigenvalue weighted by atomic mass is 10.1. The van der Waals surface area contributed by atoms with Crippen LogP contribution in [0.5, 0.6) is 0 Å². The van der Waals surface area contributed by atoms with E-state index in [-0.39, 0.29) is 16.3 Å². The summed E-state index contributed by atoms with van der Waals surface area (Å²) in [6, 6.07) is 2.30. The van der Waals surface area contributed by atoms with Gasteiger partial charge in [-0.05, 0) is 12.1 Å². The smallest absolute Gasteiger partial charge is 0.196 e. The van der Waals surface area contributed by atoms with Gasteiger partial charge in [0, 0.05) is 19.0 Å². The number of nitrogens with one attached hydrogen (secondary N) is 1. The molecule has 0 fully saturated rings. The monoisotopic (exact) mass is 300 g/mol. The molecule has 1 aromatic carbocycles. The van der Waals surface area contributed by atoms with Crippen LogP contribution in [-0.2, 0) is 6.42 Å². The van der Waals surface area contributed by atoms with Crippen LogP contribution in [0.2, 0.25) is 5.02 Å². The van der Waals surface area contributed by atoms with Crippen molar-refractivity contribution in [3.05, 3.63) is 40.9 Å². The SMILES string of the molecule is CC(C)NCCc1ncc(-c2cc(F)c(Cl)cc2F)o1.